The molecular formula is C12H17F3N3O4+. The Kier molecular flexibility index (Phi) is 4.85. The number of ether oxygens (including phenoxy) is 1. The number of hydrogen-bond donors (Lipinski definition) is 3. The van der Waals surface area contributed by atoms with Gasteiger partial charge in [0.1, 0.15) is 18.1 Å². The number of aliphatic hydroxyl groups is 2. The molecule has 2 rings (SSSR count). The van der Waals surface area contributed by atoms with Crippen LogP contribution >= 0.6 is 0 Å². The Balaban J connectivity index is 2.32. The van der Waals surface area contributed by atoms with Crippen molar-refractivity contribution in [2.75, 3.05) is 13.3 Å². The van der Waals surface area contributed by atoms with Gasteiger partial charge in [0.25, 0.3) is 6.30 Å². The molecule has 0 radical (unpaired) electrons. The van der Waals surface area contributed by atoms with E-state index in [1.165, 1.54) is 6.08 Å². The number of aliphatic imine (C=N–C) groups is 1. The minimum Gasteiger partial charge on any atom is -0.390 e. The number of urea groups is 1. The summed E-state index contributed by atoms with van der Waals surface area (Å²) in [4.78, 5) is 15.4. The van der Waals surface area contributed by atoms with E-state index in [-0.39, 0.29) is 5.84 Å². The first-order chi connectivity index (χ1) is 10.3. The number of alkyl halides is 3. The van der Waals surface area contributed by atoms with Crippen LogP contribution in [-0.2, 0) is 4.74 Å². The van der Waals surface area contributed by atoms with Gasteiger partial charge < -0.3 is 20.7 Å². The molecule has 2 unspecified atom stereocenters. The van der Waals surface area contributed by atoms with Gasteiger partial charge in [-0.2, -0.15) is 8.87 Å². The van der Waals surface area contributed by atoms with Crippen LogP contribution in [0.2, 0.25) is 0 Å². The third-order valence-electron chi connectivity index (χ3n) is 3.79. The molecule has 0 saturated carbocycles. The van der Waals surface area contributed by atoms with Crippen molar-refractivity contribution < 1.29 is 37.4 Å². The number of hydrogen-bond acceptors (Lipinski definition) is 5. The SMILES string of the molecule is NC1=NC(=O)[N+]2(C=C1)COCC(O)[C@@H](CC(F)F)[C@@H](O)[C@H]2F. The van der Waals surface area contributed by atoms with Crippen molar-refractivity contribution >= 4 is 11.9 Å². The number of nitrogens with two attached hydrogens (primary N) is 1. The molecular weight excluding hydrogens is 307 g/mol. The highest BCUT2D eigenvalue weighted by Crippen LogP contribution is 2.32. The number of nitrogens with zero attached hydrogens (tertiary/aromatic N) is 2. The zero-order valence-corrected chi connectivity index (χ0v) is 11.5. The molecule has 22 heavy (non-hydrogen) atoms. The number of aliphatic hydroxyl groups excluding tert-OH is 2. The third kappa shape index (κ3) is 3.00. The summed E-state index contributed by atoms with van der Waals surface area (Å²) in [6, 6.07) is -1.02. The van der Waals surface area contributed by atoms with Crippen LogP contribution in [0.25, 0.3) is 0 Å². The first-order valence-electron chi connectivity index (χ1n) is 6.59. The van der Waals surface area contributed by atoms with E-state index in [1.54, 1.807) is 0 Å². The summed E-state index contributed by atoms with van der Waals surface area (Å²) in [6.45, 7) is -0.954. The van der Waals surface area contributed by atoms with Gasteiger partial charge in [-0.15, -0.1) is 4.99 Å². The molecule has 0 aliphatic carbocycles. The highest BCUT2D eigenvalue weighted by Gasteiger charge is 2.53. The molecule has 4 N–H and O–H groups in total. The molecule has 1 spiro atoms. The third-order valence-corrected chi connectivity index (χ3v) is 3.79. The Labute approximate surface area is 124 Å². The zero-order chi connectivity index (χ0) is 16.5. The largest absolute Gasteiger partial charge is 0.453 e. The minimum atomic E-state index is -2.85. The molecule has 0 bridgehead atoms. The predicted molar refractivity (Wildman–Crippen MR) is 68.3 cm³/mol. The number of halogens is 3. The van der Waals surface area contributed by atoms with Gasteiger partial charge in [-0.1, -0.05) is 0 Å². The van der Waals surface area contributed by atoms with Gasteiger partial charge in [-0.3, -0.25) is 0 Å². The van der Waals surface area contributed by atoms with Crippen molar-refractivity contribution in [2.24, 2.45) is 16.6 Å². The predicted octanol–water partition coefficient (Wildman–Crippen LogP) is 0.0842. The molecule has 2 amide bonds. The highest BCUT2D eigenvalue weighted by atomic mass is 19.3. The fraction of sp³-hybridized carbons (Fsp3) is 0.667. The molecule has 10 heteroatoms. The molecule has 7 nitrogen and oxygen atoms in total. The topological polar surface area (TPSA) is 105 Å². The van der Waals surface area contributed by atoms with Crippen LogP contribution < -0.4 is 5.73 Å². The first kappa shape index (κ1) is 16.9. The molecule has 1 fully saturated rings. The van der Waals surface area contributed by atoms with Crippen molar-refractivity contribution in [3.8, 4) is 0 Å². The molecule has 124 valence electrons. The van der Waals surface area contributed by atoms with Crippen LogP contribution in [0.15, 0.2) is 17.3 Å². The van der Waals surface area contributed by atoms with Crippen LogP contribution in [-0.4, -0.2) is 64.8 Å². The van der Waals surface area contributed by atoms with Crippen LogP contribution in [0.1, 0.15) is 6.42 Å². The van der Waals surface area contributed by atoms with Gasteiger partial charge in [0.2, 0.25) is 6.43 Å². The van der Waals surface area contributed by atoms with Gasteiger partial charge >= 0.3 is 6.03 Å². The maximum absolute atomic E-state index is 14.7. The Bertz CT molecular complexity index is 502. The van der Waals surface area contributed by atoms with Gasteiger partial charge in [-0.25, -0.2) is 13.6 Å². The summed E-state index contributed by atoms with van der Waals surface area (Å²) in [5.41, 5.74) is 5.35. The molecule has 0 aromatic heterocycles. The lowest BCUT2D eigenvalue weighted by Crippen LogP contribution is -2.63. The monoisotopic (exact) mass is 324 g/mol. The minimum absolute atomic E-state index is 0.137. The summed E-state index contributed by atoms with van der Waals surface area (Å²) >= 11 is 0. The summed E-state index contributed by atoms with van der Waals surface area (Å²) in [5.74, 6) is -1.61. The van der Waals surface area contributed by atoms with Crippen molar-refractivity contribution in [2.45, 2.75) is 31.3 Å². The maximum atomic E-state index is 14.7. The van der Waals surface area contributed by atoms with E-state index < -0.39 is 61.1 Å². The molecule has 0 aromatic rings. The quantitative estimate of drug-likeness (QED) is 0.493. The number of carbonyl (C=O) groups is 1. The molecule has 2 heterocycles. The summed E-state index contributed by atoms with van der Waals surface area (Å²) in [5, 5.41) is 19.8. The Hall–Kier alpha value is -1.49. The summed E-state index contributed by atoms with van der Waals surface area (Å²) < 4.78 is 43.8. The average molecular weight is 324 g/mol. The van der Waals surface area contributed by atoms with E-state index in [1.807, 2.05) is 0 Å². The number of amidine groups is 1. The van der Waals surface area contributed by atoms with Crippen molar-refractivity contribution in [1.82, 2.24) is 0 Å². The second kappa shape index (κ2) is 6.32. The van der Waals surface area contributed by atoms with Gasteiger partial charge in [0.05, 0.1) is 12.7 Å². The average Bonchev–Trinajstić information content (AvgIpc) is 2.44. The van der Waals surface area contributed by atoms with Crippen LogP contribution in [0.5, 0.6) is 0 Å². The molecule has 0 aromatic carbocycles. The lowest BCUT2D eigenvalue weighted by molar-refractivity contribution is -0.869. The highest BCUT2D eigenvalue weighted by molar-refractivity contribution is 5.99. The van der Waals surface area contributed by atoms with Crippen molar-refractivity contribution in [3.63, 3.8) is 0 Å². The molecule has 5 atom stereocenters. The Morgan fingerprint density at radius 3 is 2.77 bits per heavy atom. The Morgan fingerprint density at radius 1 is 1.50 bits per heavy atom. The van der Waals surface area contributed by atoms with Crippen molar-refractivity contribution in [1.29, 1.82) is 0 Å². The lowest BCUT2D eigenvalue weighted by Gasteiger charge is -2.40. The fourth-order valence-corrected chi connectivity index (χ4v) is 2.53. The number of amides is 2. The van der Waals surface area contributed by atoms with E-state index in [0.717, 1.165) is 6.20 Å². The number of rotatable bonds is 2. The second-order valence-electron chi connectivity index (χ2n) is 5.29. The summed E-state index contributed by atoms with van der Waals surface area (Å²) in [7, 11) is 0. The summed E-state index contributed by atoms with van der Waals surface area (Å²) in [6.07, 6.45) is -7.32. The van der Waals surface area contributed by atoms with E-state index in [9.17, 15) is 28.2 Å². The van der Waals surface area contributed by atoms with Gasteiger partial charge in [0.15, 0.2) is 6.73 Å². The number of quaternary nitrogens is 1. The first-order valence-corrected chi connectivity index (χ1v) is 6.59. The van der Waals surface area contributed by atoms with Gasteiger partial charge in [-0.05, 0) is 0 Å². The van der Waals surface area contributed by atoms with Crippen LogP contribution in [0.3, 0.4) is 0 Å². The van der Waals surface area contributed by atoms with Gasteiger partial charge in [0, 0.05) is 18.4 Å². The fourth-order valence-electron chi connectivity index (χ4n) is 2.53. The maximum Gasteiger partial charge on any atom is 0.453 e. The van der Waals surface area contributed by atoms with E-state index in [4.69, 9.17) is 10.5 Å². The normalized spacial score (nSPS) is 39.7. The van der Waals surface area contributed by atoms with Crippen molar-refractivity contribution in [3.05, 3.63) is 12.3 Å². The lowest BCUT2D eigenvalue weighted by atomic mass is 9.90. The molecule has 2 aliphatic rings. The second-order valence-corrected chi connectivity index (χ2v) is 5.29. The van der Waals surface area contributed by atoms with E-state index >= 15 is 0 Å². The van der Waals surface area contributed by atoms with Crippen LogP contribution in [0.4, 0.5) is 18.0 Å². The molecule has 1 saturated heterocycles. The number of carbonyl (C=O) groups excluding carboxylic acids is 1. The molecule has 2 aliphatic heterocycles. The smallest absolute Gasteiger partial charge is 0.390 e. The Morgan fingerprint density at radius 2 is 2.18 bits per heavy atom. The van der Waals surface area contributed by atoms with E-state index in [2.05, 4.69) is 4.99 Å². The zero-order valence-electron chi connectivity index (χ0n) is 11.5. The van der Waals surface area contributed by atoms with E-state index in [0.29, 0.717) is 0 Å². The standard InChI is InChI=1S/C12H16F3N3O4/c13-8(14)3-6-7(19)4-22-5-18(11(15)10(6)20)2-1-9(16)17-12(18)21/h1-2,6-8,10-11,19-20H,3-5H2,(H-,16,17,21)/p+1/t6-,7?,10-,11+,18?/m1/s1. The van der Waals surface area contributed by atoms with Crippen LogP contribution in [0, 0.1) is 5.92 Å².